The molecule has 5 heteroatoms. The Bertz CT molecular complexity index is 670. The molecular weight excluding hydrogens is 398 g/mol. The summed E-state index contributed by atoms with van der Waals surface area (Å²) in [5.74, 6) is 0.779. The van der Waals surface area contributed by atoms with E-state index in [1.165, 1.54) is 0 Å². The first-order chi connectivity index (χ1) is 15.0. The van der Waals surface area contributed by atoms with Crippen LogP contribution in [0.2, 0.25) is 0 Å². The van der Waals surface area contributed by atoms with Crippen molar-refractivity contribution in [3.05, 3.63) is 23.9 Å². The van der Waals surface area contributed by atoms with Gasteiger partial charge in [0.1, 0.15) is 0 Å². The van der Waals surface area contributed by atoms with Crippen LogP contribution in [-0.4, -0.2) is 59.3 Å². The lowest BCUT2D eigenvalue weighted by molar-refractivity contribution is -0.129. The number of carbonyl (C=O) groups is 2. The van der Waals surface area contributed by atoms with Crippen LogP contribution in [0.15, 0.2) is 23.9 Å². The molecule has 1 heterocycles. The Kier molecular flexibility index (Phi) is 11.7. The minimum Gasteiger partial charge on any atom is -0.370 e. The quantitative estimate of drug-likeness (QED) is 0.419. The summed E-state index contributed by atoms with van der Waals surface area (Å²) in [7, 11) is 2.04. The van der Waals surface area contributed by atoms with Gasteiger partial charge in [-0.15, -0.1) is 0 Å². The molecule has 5 nitrogen and oxygen atoms in total. The first kappa shape index (κ1) is 28.4. The predicted octanol–water partition coefficient (Wildman–Crippen LogP) is 5.18. The molecule has 0 saturated carbocycles. The van der Waals surface area contributed by atoms with Crippen LogP contribution in [0, 0.1) is 11.8 Å². The van der Waals surface area contributed by atoms with E-state index in [-0.39, 0.29) is 35.7 Å². The Balaban J connectivity index is 3.10. The van der Waals surface area contributed by atoms with Crippen molar-refractivity contribution >= 4 is 11.7 Å². The molecule has 1 fully saturated rings. The molecule has 0 aromatic rings. The molecule has 0 radical (unpaired) electrons. The Morgan fingerprint density at radius 1 is 1.12 bits per heavy atom. The van der Waals surface area contributed by atoms with Crippen molar-refractivity contribution in [1.29, 1.82) is 0 Å². The number of allylic oxidation sites excluding steroid dienone is 1. The minimum absolute atomic E-state index is 0.0563. The zero-order chi connectivity index (χ0) is 24.6. The van der Waals surface area contributed by atoms with Crippen LogP contribution in [0.25, 0.3) is 0 Å². The first-order valence-corrected chi connectivity index (χ1v) is 12.6. The van der Waals surface area contributed by atoms with E-state index in [0.29, 0.717) is 12.0 Å². The standard InChI is InChI=1S/C27H49N3O2/c1-11-19(5)25(17-20(6)23(9)31)29(10)22(8)26(18(3)4)28-27(32)24-15-13-14-16-30(24)21(7)12-2/h17-19,21,24-26H,8,11-16H2,1-7,9-10H3,(H,28,32)/b20-17+/t19-,21?,24?,25+,26?/m0/s1. The van der Waals surface area contributed by atoms with Gasteiger partial charge in [-0.1, -0.05) is 60.1 Å². The van der Waals surface area contributed by atoms with Crippen LogP contribution in [0.3, 0.4) is 0 Å². The van der Waals surface area contributed by atoms with E-state index in [4.69, 9.17) is 0 Å². The number of piperidine rings is 1. The molecular formula is C27H49N3O2. The number of Topliss-reactive ketones (excluding diaryl/α,β-unsaturated/α-hetero) is 1. The molecule has 0 bridgehead atoms. The van der Waals surface area contributed by atoms with Crippen molar-refractivity contribution in [2.75, 3.05) is 13.6 Å². The van der Waals surface area contributed by atoms with E-state index in [1.54, 1.807) is 6.92 Å². The van der Waals surface area contributed by atoms with E-state index in [1.807, 2.05) is 14.0 Å². The molecule has 1 rings (SSSR count). The number of amides is 1. The van der Waals surface area contributed by atoms with Crippen LogP contribution >= 0.6 is 0 Å². The molecule has 5 atom stereocenters. The summed E-state index contributed by atoms with van der Waals surface area (Å²) < 4.78 is 0. The summed E-state index contributed by atoms with van der Waals surface area (Å²) in [6, 6.07) is 0.249. The van der Waals surface area contributed by atoms with Crippen molar-refractivity contribution in [3.8, 4) is 0 Å². The fourth-order valence-corrected chi connectivity index (χ4v) is 4.57. The van der Waals surface area contributed by atoms with E-state index in [0.717, 1.165) is 49.9 Å². The summed E-state index contributed by atoms with van der Waals surface area (Å²) in [5, 5.41) is 3.35. The molecule has 1 aliphatic rings. The van der Waals surface area contributed by atoms with Crippen LogP contribution < -0.4 is 5.32 Å². The molecule has 1 amide bonds. The number of rotatable bonds is 12. The van der Waals surface area contributed by atoms with Crippen molar-refractivity contribution in [1.82, 2.24) is 15.1 Å². The summed E-state index contributed by atoms with van der Waals surface area (Å²) in [6.45, 7) is 21.9. The van der Waals surface area contributed by atoms with Crippen molar-refractivity contribution < 1.29 is 9.59 Å². The molecule has 0 aromatic heterocycles. The second kappa shape index (κ2) is 13.2. The fourth-order valence-electron chi connectivity index (χ4n) is 4.57. The van der Waals surface area contributed by atoms with Gasteiger partial charge in [0, 0.05) is 24.8 Å². The lowest BCUT2D eigenvalue weighted by Gasteiger charge is -2.41. The Morgan fingerprint density at radius 2 is 1.75 bits per heavy atom. The molecule has 184 valence electrons. The van der Waals surface area contributed by atoms with Gasteiger partial charge in [-0.2, -0.15) is 0 Å². The maximum absolute atomic E-state index is 13.4. The summed E-state index contributed by atoms with van der Waals surface area (Å²) in [6.07, 6.45) is 7.28. The summed E-state index contributed by atoms with van der Waals surface area (Å²) >= 11 is 0. The zero-order valence-electron chi connectivity index (χ0n) is 22.2. The summed E-state index contributed by atoms with van der Waals surface area (Å²) in [5.41, 5.74) is 1.67. The Labute approximate surface area is 197 Å². The molecule has 0 spiro atoms. The van der Waals surface area contributed by atoms with Gasteiger partial charge in [0.15, 0.2) is 5.78 Å². The van der Waals surface area contributed by atoms with Crippen LogP contribution in [0.4, 0.5) is 0 Å². The lowest BCUT2D eigenvalue weighted by atomic mass is 9.92. The van der Waals surface area contributed by atoms with Gasteiger partial charge in [-0.3, -0.25) is 14.5 Å². The van der Waals surface area contributed by atoms with E-state index in [9.17, 15) is 9.59 Å². The number of ketones is 1. The van der Waals surface area contributed by atoms with Crippen LogP contribution in [0.1, 0.15) is 87.5 Å². The van der Waals surface area contributed by atoms with Crippen LogP contribution in [0.5, 0.6) is 0 Å². The Hall–Kier alpha value is -1.62. The summed E-state index contributed by atoms with van der Waals surface area (Å²) in [4.78, 5) is 29.9. The van der Waals surface area contributed by atoms with Gasteiger partial charge in [0.2, 0.25) is 5.91 Å². The maximum atomic E-state index is 13.4. The molecule has 32 heavy (non-hydrogen) atoms. The first-order valence-electron chi connectivity index (χ1n) is 12.6. The van der Waals surface area contributed by atoms with Crippen molar-refractivity contribution in [2.24, 2.45) is 11.8 Å². The van der Waals surface area contributed by atoms with Gasteiger partial charge in [-0.25, -0.2) is 0 Å². The van der Waals surface area contributed by atoms with Crippen LogP contribution in [-0.2, 0) is 9.59 Å². The third-order valence-corrected chi connectivity index (χ3v) is 7.43. The number of nitrogens with one attached hydrogen (secondary N) is 1. The highest BCUT2D eigenvalue weighted by Crippen LogP contribution is 2.25. The Morgan fingerprint density at radius 3 is 2.25 bits per heavy atom. The molecule has 1 N–H and O–H groups in total. The molecule has 1 aliphatic heterocycles. The topological polar surface area (TPSA) is 52.7 Å². The molecule has 0 aromatic carbocycles. The highest BCUT2D eigenvalue weighted by molar-refractivity contribution is 5.92. The fraction of sp³-hybridized carbons (Fsp3) is 0.778. The lowest BCUT2D eigenvalue weighted by Crippen LogP contribution is -2.56. The van der Waals surface area contributed by atoms with E-state index in [2.05, 4.69) is 69.3 Å². The van der Waals surface area contributed by atoms with E-state index < -0.39 is 0 Å². The minimum atomic E-state index is -0.147. The van der Waals surface area contributed by atoms with Gasteiger partial charge in [-0.05, 0) is 64.0 Å². The van der Waals surface area contributed by atoms with Gasteiger partial charge >= 0.3 is 0 Å². The number of carbonyl (C=O) groups excluding carboxylic acids is 2. The van der Waals surface area contributed by atoms with Gasteiger partial charge < -0.3 is 10.2 Å². The zero-order valence-corrected chi connectivity index (χ0v) is 22.2. The van der Waals surface area contributed by atoms with Gasteiger partial charge in [0.05, 0.1) is 12.1 Å². The smallest absolute Gasteiger partial charge is 0.237 e. The number of hydrogen-bond acceptors (Lipinski definition) is 4. The molecule has 0 aliphatic carbocycles. The predicted molar refractivity (Wildman–Crippen MR) is 135 cm³/mol. The number of nitrogens with zero attached hydrogens (tertiary/aromatic N) is 2. The monoisotopic (exact) mass is 447 g/mol. The third-order valence-electron chi connectivity index (χ3n) is 7.43. The second-order valence-electron chi connectivity index (χ2n) is 10.1. The number of hydrogen-bond donors (Lipinski definition) is 1. The molecule has 3 unspecified atom stereocenters. The van der Waals surface area contributed by atoms with E-state index >= 15 is 0 Å². The number of likely N-dealkylation sites (tertiary alicyclic amines) is 1. The average Bonchev–Trinajstić information content (AvgIpc) is 2.78. The SMILES string of the molecule is C=C(C(NC(=O)C1CCCCN1C(C)CC)C(C)C)N(C)[C@H](/C=C(\C)C(C)=O)[C@@H](C)CC. The second-order valence-corrected chi connectivity index (χ2v) is 10.1. The normalized spacial score (nSPS) is 21.6. The van der Waals surface area contributed by atoms with Gasteiger partial charge in [0.25, 0.3) is 0 Å². The average molecular weight is 448 g/mol. The maximum Gasteiger partial charge on any atom is 0.237 e. The van der Waals surface area contributed by atoms with Crippen molar-refractivity contribution in [3.63, 3.8) is 0 Å². The third kappa shape index (κ3) is 7.47. The van der Waals surface area contributed by atoms with Crippen molar-refractivity contribution in [2.45, 2.75) is 112 Å². The highest BCUT2D eigenvalue weighted by Gasteiger charge is 2.34. The largest absolute Gasteiger partial charge is 0.370 e. The molecule has 1 saturated heterocycles. The highest BCUT2D eigenvalue weighted by atomic mass is 16.2. The number of likely N-dealkylation sites (N-methyl/N-ethyl adjacent to an activating group) is 1.